The van der Waals surface area contributed by atoms with Crippen LogP contribution in [0.15, 0.2) is 24.3 Å². The number of ether oxygens (including phenoxy) is 2. The third kappa shape index (κ3) is 4.20. The van der Waals surface area contributed by atoms with Crippen molar-refractivity contribution in [1.82, 2.24) is 15.1 Å². The predicted molar refractivity (Wildman–Crippen MR) is 101 cm³/mol. The summed E-state index contributed by atoms with van der Waals surface area (Å²) in [5.41, 5.74) is 0.438. The van der Waals surface area contributed by atoms with Gasteiger partial charge in [-0.25, -0.2) is 9.18 Å². The summed E-state index contributed by atoms with van der Waals surface area (Å²) in [5.74, 6) is -0.367. The third-order valence-electron chi connectivity index (χ3n) is 5.71. The number of fused-ring (bicyclic) bond motifs is 2. The maximum atomic E-state index is 13.0. The summed E-state index contributed by atoms with van der Waals surface area (Å²) in [6.07, 6.45) is -1.93. The van der Waals surface area contributed by atoms with Gasteiger partial charge in [-0.2, -0.15) is 0 Å². The van der Waals surface area contributed by atoms with E-state index in [1.807, 2.05) is 4.90 Å². The highest BCUT2D eigenvalue weighted by Crippen LogP contribution is 2.32. The van der Waals surface area contributed by atoms with E-state index in [4.69, 9.17) is 9.47 Å². The predicted octanol–water partition coefficient (Wildman–Crippen LogP) is -0.0355. The van der Waals surface area contributed by atoms with Gasteiger partial charge in [0.05, 0.1) is 24.8 Å². The quantitative estimate of drug-likeness (QED) is 0.649. The fraction of sp³-hybridized carbons (Fsp3) is 0.579. The summed E-state index contributed by atoms with van der Waals surface area (Å²) in [4.78, 5) is 27.8. The first-order valence-corrected chi connectivity index (χ1v) is 9.70. The van der Waals surface area contributed by atoms with E-state index in [9.17, 15) is 19.1 Å². The Kier molecular flexibility index (Phi) is 5.68. The van der Waals surface area contributed by atoms with E-state index in [1.165, 1.54) is 24.3 Å². The number of aliphatic hydroxyl groups is 1. The van der Waals surface area contributed by atoms with Crippen molar-refractivity contribution in [1.29, 1.82) is 0 Å². The molecule has 3 heterocycles. The number of nitrogens with zero attached hydrogens (tertiary/aromatic N) is 2. The average molecular weight is 408 g/mol. The smallest absolute Gasteiger partial charge is 0.319 e. The number of piperazine rings is 1. The molecule has 3 aliphatic rings. The number of carbonyl (C=O) groups excluding carboxylic acids is 2. The van der Waals surface area contributed by atoms with Crippen LogP contribution in [-0.2, 0) is 14.3 Å². The van der Waals surface area contributed by atoms with Crippen LogP contribution in [-0.4, -0.2) is 90.2 Å². The topological polar surface area (TPSA) is 103 Å². The van der Waals surface area contributed by atoms with Crippen molar-refractivity contribution >= 4 is 17.6 Å². The van der Waals surface area contributed by atoms with Crippen molar-refractivity contribution in [2.45, 2.75) is 37.5 Å². The van der Waals surface area contributed by atoms with E-state index in [2.05, 4.69) is 10.6 Å². The molecule has 29 heavy (non-hydrogen) atoms. The molecule has 0 saturated carbocycles. The number of amides is 3. The normalized spacial score (nSPS) is 32.1. The number of benzene rings is 1. The van der Waals surface area contributed by atoms with Crippen molar-refractivity contribution in [2.24, 2.45) is 0 Å². The maximum absolute atomic E-state index is 13.0. The molecule has 10 heteroatoms. The van der Waals surface area contributed by atoms with E-state index in [-0.39, 0.29) is 12.5 Å². The molecule has 5 atom stereocenters. The second kappa shape index (κ2) is 8.23. The first kappa shape index (κ1) is 20.0. The molecule has 2 bridgehead atoms. The van der Waals surface area contributed by atoms with E-state index in [0.717, 1.165) is 0 Å². The minimum absolute atomic E-state index is 0.0271. The van der Waals surface area contributed by atoms with Crippen molar-refractivity contribution in [3.05, 3.63) is 30.1 Å². The number of anilines is 1. The molecule has 158 valence electrons. The van der Waals surface area contributed by atoms with Crippen molar-refractivity contribution < 1.29 is 28.6 Å². The number of nitrogens with one attached hydrogen (secondary N) is 2. The molecule has 3 aliphatic heterocycles. The second-order valence-corrected chi connectivity index (χ2v) is 7.53. The van der Waals surface area contributed by atoms with Gasteiger partial charge in [-0.3, -0.25) is 9.69 Å². The molecule has 9 nitrogen and oxygen atoms in total. The highest BCUT2D eigenvalue weighted by atomic mass is 19.1. The average Bonchev–Trinajstić information content (AvgIpc) is 3.13. The summed E-state index contributed by atoms with van der Waals surface area (Å²) < 4.78 is 24.6. The van der Waals surface area contributed by atoms with Gasteiger partial charge in [-0.1, -0.05) is 0 Å². The number of carbonyl (C=O) groups is 2. The van der Waals surface area contributed by atoms with E-state index in [0.29, 0.717) is 31.9 Å². The van der Waals surface area contributed by atoms with Gasteiger partial charge in [0.2, 0.25) is 5.91 Å². The summed E-state index contributed by atoms with van der Waals surface area (Å²) in [6, 6.07) is 3.78. The molecule has 3 N–H and O–H groups in total. The van der Waals surface area contributed by atoms with E-state index >= 15 is 0 Å². The minimum Gasteiger partial charge on any atom is -0.389 e. The number of hydrogen-bond donors (Lipinski definition) is 3. The fourth-order valence-electron chi connectivity index (χ4n) is 4.15. The monoisotopic (exact) mass is 408 g/mol. The molecule has 3 saturated heterocycles. The van der Waals surface area contributed by atoms with Gasteiger partial charge in [0.1, 0.15) is 11.9 Å². The van der Waals surface area contributed by atoms with Crippen LogP contribution in [0.1, 0.15) is 6.92 Å². The number of hydrogen-bond acceptors (Lipinski definition) is 6. The molecule has 0 spiro atoms. The molecule has 0 aliphatic carbocycles. The Balaban J connectivity index is 1.40. The van der Waals surface area contributed by atoms with Crippen molar-refractivity contribution in [2.75, 3.05) is 38.1 Å². The SMILES string of the molecule is CC(=O)N1CCN([C@H]2[C@@H]3OC[C@@H](O3)[C@@H](NC(=O)Nc3ccc(F)cc3)[C@@H]2O)CC1. The van der Waals surface area contributed by atoms with Crippen LogP contribution in [0.5, 0.6) is 0 Å². The first-order valence-electron chi connectivity index (χ1n) is 9.70. The lowest BCUT2D eigenvalue weighted by atomic mass is 9.94. The van der Waals surface area contributed by atoms with E-state index < -0.39 is 42.4 Å². The molecular weight excluding hydrogens is 383 g/mol. The minimum atomic E-state index is -0.899. The highest BCUT2D eigenvalue weighted by molar-refractivity contribution is 5.89. The summed E-state index contributed by atoms with van der Waals surface area (Å²) >= 11 is 0. The van der Waals surface area contributed by atoms with Crippen LogP contribution in [0.3, 0.4) is 0 Å². The molecule has 1 aromatic carbocycles. The Morgan fingerprint density at radius 3 is 2.52 bits per heavy atom. The molecule has 0 radical (unpaired) electrons. The molecule has 3 amide bonds. The lowest BCUT2D eigenvalue weighted by Crippen LogP contribution is -2.67. The number of urea groups is 1. The Morgan fingerprint density at radius 2 is 1.86 bits per heavy atom. The Morgan fingerprint density at radius 1 is 1.17 bits per heavy atom. The molecular formula is C19H25FN4O5. The molecule has 3 fully saturated rings. The van der Waals surface area contributed by atoms with Gasteiger partial charge in [0.15, 0.2) is 6.29 Å². The van der Waals surface area contributed by atoms with Crippen LogP contribution in [0, 0.1) is 5.82 Å². The Labute approximate surface area is 167 Å². The van der Waals surface area contributed by atoms with Gasteiger partial charge in [0, 0.05) is 38.8 Å². The zero-order valence-electron chi connectivity index (χ0n) is 16.1. The number of halogens is 1. The standard InChI is InChI=1S/C19H25FN4O5/c1-11(25)23-6-8-24(9-7-23)16-17(26)15(14-10-28-18(16)29-14)22-19(27)21-13-4-2-12(20)3-5-13/h2-5,14-18,26H,6-10H2,1H3,(H2,21,22,27)/t14-,15-,16-,17+,18-/m1/s1. The molecule has 0 unspecified atom stereocenters. The van der Waals surface area contributed by atoms with Crippen molar-refractivity contribution in [3.63, 3.8) is 0 Å². The Bertz CT molecular complexity index is 755. The Hall–Kier alpha value is -2.27. The van der Waals surface area contributed by atoms with Gasteiger partial charge >= 0.3 is 6.03 Å². The lowest BCUT2D eigenvalue weighted by molar-refractivity contribution is -0.185. The zero-order valence-corrected chi connectivity index (χ0v) is 16.1. The second-order valence-electron chi connectivity index (χ2n) is 7.53. The van der Waals surface area contributed by atoms with Crippen LogP contribution in [0.2, 0.25) is 0 Å². The summed E-state index contributed by atoms with van der Waals surface area (Å²) in [6.45, 7) is 4.12. The van der Waals surface area contributed by atoms with Gasteiger partial charge in [0.25, 0.3) is 0 Å². The molecule has 1 aromatic rings. The summed E-state index contributed by atoms with van der Waals surface area (Å²) in [7, 11) is 0. The van der Waals surface area contributed by atoms with Gasteiger partial charge < -0.3 is 30.1 Å². The lowest BCUT2D eigenvalue weighted by Gasteiger charge is -2.46. The first-order chi connectivity index (χ1) is 13.9. The number of aliphatic hydroxyl groups excluding tert-OH is 1. The highest BCUT2D eigenvalue weighted by Gasteiger charge is 2.52. The van der Waals surface area contributed by atoms with E-state index in [1.54, 1.807) is 11.8 Å². The van der Waals surface area contributed by atoms with Crippen LogP contribution in [0.4, 0.5) is 14.9 Å². The summed E-state index contributed by atoms with van der Waals surface area (Å²) in [5, 5.41) is 16.4. The largest absolute Gasteiger partial charge is 0.389 e. The number of rotatable bonds is 3. The van der Waals surface area contributed by atoms with Gasteiger partial charge in [-0.15, -0.1) is 0 Å². The van der Waals surface area contributed by atoms with Crippen molar-refractivity contribution in [3.8, 4) is 0 Å². The third-order valence-corrected chi connectivity index (χ3v) is 5.71. The maximum Gasteiger partial charge on any atom is 0.319 e. The van der Waals surface area contributed by atoms with Crippen LogP contribution >= 0.6 is 0 Å². The molecule has 4 rings (SSSR count). The van der Waals surface area contributed by atoms with Crippen LogP contribution < -0.4 is 10.6 Å². The van der Waals surface area contributed by atoms with Crippen LogP contribution in [0.25, 0.3) is 0 Å². The fourth-order valence-corrected chi connectivity index (χ4v) is 4.15. The zero-order chi connectivity index (χ0) is 20.5. The molecule has 0 aromatic heterocycles. The van der Waals surface area contributed by atoms with Gasteiger partial charge in [-0.05, 0) is 24.3 Å².